The van der Waals surface area contributed by atoms with Gasteiger partial charge in [0.25, 0.3) is 0 Å². The maximum absolute atomic E-state index is 12.5. The van der Waals surface area contributed by atoms with E-state index in [4.69, 9.17) is 16.3 Å². The Morgan fingerprint density at radius 3 is 2.83 bits per heavy atom. The molecule has 1 aliphatic heterocycles. The van der Waals surface area contributed by atoms with Crippen molar-refractivity contribution in [1.82, 2.24) is 10.2 Å². The van der Waals surface area contributed by atoms with Gasteiger partial charge in [-0.3, -0.25) is 9.89 Å². The van der Waals surface area contributed by atoms with Crippen molar-refractivity contribution in [3.8, 4) is 0 Å². The number of hydrogen-bond acceptors (Lipinski definition) is 4. The Morgan fingerprint density at radius 2 is 2.13 bits per heavy atom. The minimum Gasteiger partial charge on any atom is -0.468 e. The van der Waals surface area contributed by atoms with Gasteiger partial charge in [0, 0.05) is 22.2 Å². The standard InChI is InChI=1S/C17H18ClN3O2/c1-3-6-13-15(17(22)23-2)14(10-7-4-5-8-12(10)18)11-9-19-21-16(11)20-13/h4-5,7-9,14-15H,3,6H2,1-2H3,(H,19,21). The second-order valence-corrected chi connectivity index (χ2v) is 5.93. The number of fused-ring (bicyclic) bond motifs is 1. The average molecular weight is 332 g/mol. The molecule has 120 valence electrons. The first-order valence-corrected chi connectivity index (χ1v) is 7.98. The van der Waals surface area contributed by atoms with E-state index >= 15 is 0 Å². The lowest BCUT2D eigenvalue weighted by atomic mass is 9.76. The average Bonchev–Trinajstić information content (AvgIpc) is 3.02. The van der Waals surface area contributed by atoms with Gasteiger partial charge < -0.3 is 4.74 Å². The molecule has 0 amide bonds. The van der Waals surface area contributed by atoms with Crippen LogP contribution in [0.3, 0.4) is 0 Å². The number of carbonyl (C=O) groups is 1. The van der Waals surface area contributed by atoms with Gasteiger partial charge in [-0.25, -0.2) is 4.99 Å². The Morgan fingerprint density at radius 1 is 1.35 bits per heavy atom. The monoisotopic (exact) mass is 331 g/mol. The normalized spacial score (nSPS) is 19.9. The Balaban J connectivity index is 2.19. The molecule has 0 fully saturated rings. The smallest absolute Gasteiger partial charge is 0.315 e. The molecule has 0 bridgehead atoms. The topological polar surface area (TPSA) is 67.3 Å². The molecule has 2 atom stereocenters. The SMILES string of the molecule is CCCC1=Nc2[nH]ncc2C(c2ccccc2Cl)C1C(=O)OC. The van der Waals surface area contributed by atoms with Crippen LogP contribution in [0, 0.1) is 5.92 Å². The quantitative estimate of drug-likeness (QED) is 0.865. The van der Waals surface area contributed by atoms with E-state index in [1.165, 1.54) is 7.11 Å². The molecule has 1 N–H and O–H groups in total. The second kappa shape index (κ2) is 6.54. The van der Waals surface area contributed by atoms with E-state index in [0.29, 0.717) is 10.8 Å². The molecule has 2 unspecified atom stereocenters. The molecule has 1 aliphatic rings. The van der Waals surface area contributed by atoms with Crippen LogP contribution in [-0.2, 0) is 9.53 Å². The number of methoxy groups -OCH3 is 1. The van der Waals surface area contributed by atoms with Crippen LogP contribution < -0.4 is 0 Å². The van der Waals surface area contributed by atoms with Crippen molar-refractivity contribution < 1.29 is 9.53 Å². The number of H-pyrrole nitrogens is 1. The first-order valence-electron chi connectivity index (χ1n) is 7.60. The number of rotatable bonds is 4. The summed E-state index contributed by atoms with van der Waals surface area (Å²) in [4.78, 5) is 17.1. The number of nitrogens with zero attached hydrogens (tertiary/aromatic N) is 2. The van der Waals surface area contributed by atoms with Crippen LogP contribution in [0.25, 0.3) is 0 Å². The minimum atomic E-state index is -0.482. The fourth-order valence-electron chi connectivity index (χ4n) is 3.13. The number of nitrogens with one attached hydrogen (secondary N) is 1. The van der Waals surface area contributed by atoms with Crippen LogP contribution in [0.15, 0.2) is 35.5 Å². The molecule has 6 heteroatoms. The van der Waals surface area contributed by atoms with Crippen LogP contribution >= 0.6 is 11.6 Å². The Kier molecular flexibility index (Phi) is 4.48. The summed E-state index contributed by atoms with van der Waals surface area (Å²) in [5.74, 6) is -0.332. The van der Waals surface area contributed by atoms with Gasteiger partial charge >= 0.3 is 5.97 Å². The predicted octanol–water partition coefficient (Wildman–Crippen LogP) is 3.87. The molecule has 23 heavy (non-hydrogen) atoms. The highest BCUT2D eigenvalue weighted by molar-refractivity contribution is 6.31. The number of carbonyl (C=O) groups excluding carboxylic acids is 1. The fraction of sp³-hybridized carbons (Fsp3) is 0.353. The molecule has 0 spiro atoms. The molecular formula is C17H18ClN3O2. The molecule has 2 heterocycles. The zero-order valence-electron chi connectivity index (χ0n) is 13.0. The Labute approximate surface area is 139 Å². The summed E-state index contributed by atoms with van der Waals surface area (Å²) in [7, 11) is 1.40. The Bertz CT molecular complexity index is 754. The number of ether oxygens (including phenoxy) is 1. The minimum absolute atomic E-state index is 0.246. The first-order chi connectivity index (χ1) is 11.2. The number of aromatic nitrogens is 2. The van der Waals surface area contributed by atoms with E-state index in [1.807, 2.05) is 24.3 Å². The van der Waals surface area contributed by atoms with E-state index in [0.717, 1.165) is 29.7 Å². The number of hydrogen-bond donors (Lipinski definition) is 1. The van der Waals surface area contributed by atoms with E-state index < -0.39 is 5.92 Å². The van der Waals surface area contributed by atoms with Crippen LogP contribution in [-0.4, -0.2) is 29.0 Å². The van der Waals surface area contributed by atoms with E-state index in [1.54, 1.807) is 6.20 Å². The first kappa shape index (κ1) is 15.7. The van der Waals surface area contributed by atoms with Gasteiger partial charge in [0.05, 0.1) is 13.3 Å². The number of esters is 1. The van der Waals surface area contributed by atoms with E-state index in [-0.39, 0.29) is 11.9 Å². The summed E-state index contributed by atoms with van der Waals surface area (Å²) < 4.78 is 5.06. The summed E-state index contributed by atoms with van der Waals surface area (Å²) in [5, 5.41) is 7.63. The van der Waals surface area contributed by atoms with Crippen molar-refractivity contribution in [1.29, 1.82) is 0 Å². The van der Waals surface area contributed by atoms with Crippen molar-refractivity contribution in [2.45, 2.75) is 25.7 Å². The molecular weight excluding hydrogens is 314 g/mol. The van der Waals surface area contributed by atoms with Crippen LogP contribution in [0.2, 0.25) is 5.02 Å². The summed E-state index contributed by atoms with van der Waals surface area (Å²) in [6, 6.07) is 7.56. The lowest BCUT2D eigenvalue weighted by molar-refractivity contribution is -0.143. The largest absolute Gasteiger partial charge is 0.468 e. The number of aromatic amines is 1. The van der Waals surface area contributed by atoms with Crippen LogP contribution in [0.5, 0.6) is 0 Å². The zero-order chi connectivity index (χ0) is 16.4. The Hall–Kier alpha value is -2.14. The van der Waals surface area contributed by atoms with Crippen LogP contribution in [0.1, 0.15) is 36.8 Å². The van der Waals surface area contributed by atoms with Gasteiger partial charge in [-0.2, -0.15) is 5.10 Å². The summed E-state index contributed by atoms with van der Waals surface area (Å²) in [6.07, 6.45) is 3.33. The van der Waals surface area contributed by atoms with Gasteiger partial charge in [0.15, 0.2) is 5.82 Å². The fourth-order valence-corrected chi connectivity index (χ4v) is 3.39. The highest BCUT2D eigenvalue weighted by Gasteiger charge is 2.41. The lowest BCUT2D eigenvalue weighted by Gasteiger charge is -2.30. The molecule has 5 nitrogen and oxygen atoms in total. The zero-order valence-corrected chi connectivity index (χ0v) is 13.8. The van der Waals surface area contributed by atoms with Gasteiger partial charge in [0.2, 0.25) is 0 Å². The van der Waals surface area contributed by atoms with Crippen molar-refractivity contribution in [3.05, 3.63) is 46.6 Å². The van der Waals surface area contributed by atoms with Crippen molar-refractivity contribution >= 4 is 29.1 Å². The van der Waals surface area contributed by atoms with Gasteiger partial charge in [-0.05, 0) is 18.1 Å². The van der Waals surface area contributed by atoms with Crippen molar-refractivity contribution in [2.24, 2.45) is 10.9 Å². The lowest BCUT2D eigenvalue weighted by Crippen LogP contribution is -2.34. The third-order valence-electron chi connectivity index (χ3n) is 4.13. The molecule has 0 saturated carbocycles. The van der Waals surface area contributed by atoms with Gasteiger partial charge in [0.1, 0.15) is 5.92 Å². The van der Waals surface area contributed by atoms with Gasteiger partial charge in [-0.1, -0.05) is 43.1 Å². The summed E-state index contributed by atoms with van der Waals surface area (Å²) in [5.41, 5.74) is 2.56. The highest BCUT2D eigenvalue weighted by atomic mass is 35.5. The molecule has 1 aromatic heterocycles. The molecule has 0 radical (unpaired) electrons. The predicted molar refractivity (Wildman–Crippen MR) is 89.4 cm³/mol. The number of halogens is 1. The molecule has 2 aromatic rings. The highest BCUT2D eigenvalue weighted by Crippen LogP contribution is 2.44. The summed E-state index contributed by atoms with van der Waals surface area (Å²) >= 11 is 6.41. The molecule has 3 rings (SSSR count). The van der Waals surface area contributed by atoms with Gasteiger partial charge in [-0.15, -0.1) is 0 Å². The summed E-state index contributed by atoms with van der Waals surface area (Å²) in [6.45, 7) is 2.06. The maximum Gasteiger partial charge on any atom is 0.315 e. The third-order valence-corrected chi connectivity index (χ3v) is 4.48. The van der Waals surface area contributed by atoms with E-state index in [9.17, 15) is 4.79 Å². The molecule has 0 saturated heterocycles. The third kappa shape index (κ3) is 2.77. The van der Waals surface area contributed by atoms with Crippen LogP contribution in [0.4, 0.5) is 5.82 Å². The number of aliphatic imine (C=N–C) groups is 1. The van der Waals surface area contributed by atoms with Crippen molar-refractivity contribution in [2.75, 3.05) is 7.11 Å². The number of benzene rings is 1. The maximum atomic E-state index is 12.5. The van der Waals surface area contributed by atoms with Crippen molar-refractivity contribution in [3.63, 3.8) is 0 Å². The second-order valence-electron chi connectivity index (χ2n) is 5.53. The molecule has 1 aromatic carbocycles. The van der Waals surface area contributed by atoms with E-state index in [2.05, 4.69) is 22.1 Å². The molecule has 0 aliphatic carbocycles.